The van der Waals surface area contributed by atoms with E-state index in [2.05, 4.69) is 5.32 Å². The second kappa shape index (κ2) is 8.64. The van der Waals surface area contributed by atoms with Crippen LogP contribution in [-0.2, 0) is 21.1 Å². The fourth-order valence-corrected chi connectivity index (χ4v) is 4.73. The van der Waals surface area contributed by atoms with Gasteiger partial charge in [0.05, 0.1) is 25.2 Å². The number of rotatable bonds is 7. The first-order chi connectivity index (χ1) is 11.4. The number of methoxy groups -OCH3 is 2. The van der Waals surface area contributed by atoms with Crippen LogP contribution in [-0.4, -0.2) is 63.3 Å². The minimum Gasteiger partial charge on any atom is -0.497 e. The predicted molar refractivity (Wildman–Crippen MR) is 98.1 cm³/mol. The lowest BCUT2D eigenvalue weighted by Crippen LogP contribution is -2.47. The van der Waals surface area contributed by atoms with Gasteiger partial charge >= 0.3 is 0 Å². The molecule has 134 valence electrons. The molecule has 1 aliphatic heterocycles. The zero-order chi connectivity index (χ0) is 17.6. The molecule has 0 unspecified atom stereocenters. The third-order valence-electron chi connectivity index (χ3n) is 4.05. The molecule has 24 heavy (non-hydrogen) atoms. The Kier molecular flexibility index (Phi) is 6.82. The van der Waals surface area contributed by atoms with E-state index in [0.717, 1.165) is 11.3 Å². The molecule has 1 atom stereocenters. The van der Waals surface area contributed by atoms with Gasteiger partial charge in [-0.15, -0.1) is 0 Å². The Morgan fingerprint density at radius 2 is 2.04 bits per heavy atom. The molecule has 6 nitrogen and oxygen atoms in total. The van der Waals surface area contributed by atoms with Gasteiger partial charge in [-0.2, -0.15) is 0 Å². The second-order valence-electron chi connectivity index (χ2n) is 5.75. The number of hydrogen-bond donors (Lipinski definition) is 1. The molecule has 1 heterocycles. The Morgan fingerprint density at radius 1 is 1.33 bits per heavy atom. The van der Waals surface area contributed by atoms with Gasteiger partial charge in [0, 0.05) is 26.2 Å². The molecule has 0 aromatic heterocycles. The third kappa shape index (κ3) is 5.32. The van der Waals surface area contributed by atoms with Crippen molar-refractivity contribution in [2.45, 2.75) is 19.0 Å². The van der Waals surface area contributed by atoms with Gasteiger partial charge in [0.15, 0.2) is 14.9 Å². The molecule has 0 saturated carbocycles. The van der Waals surface area contributed by atoms with Crippen LogP contribution in [0.5, 0.6) is 5.75 Å². The Labute approximate surface area is 149 Å². The maximum atomic E-state index is 11.7. The van der Waals surface area contributed by atoms with Gasteiger partial charge < -0.3 is 19.7 Å². The van der Waals surface area contributed by atoms with E-state index in [9.17, 15) is 8.42 Å². The summed E-state index contributed by atoms with van der Waals surface area (Å²) in [4.78, 5) is 1.94. The number of sulfone groups is 1. The van der Waals surface area contributed by atoms with Crippen molar-refractivity contribution in [3.8, 4) is 5.75 Å². The van der Waals surface area contributed by atoms with Crippen LogP contribution in [0.15, 0.2) is 24.3 Å². The van der Waals surface area contributed by atoms with E-state index in [0.29, 0.717) is 31.2 Å². The highest BCUT2D eigenvalue weighted by molar-refractivity contribution is 7.91. The van der Waals surface area contributed by atoms with E-state index in [1.54, 1.807) is 14.2 Å². The highest BCUT2D eigenvalue weighted by Crippen LogP contribution is 2.18. The summed E-state index contributed by atoms with van der Waals surface area (Å²) >= 11 is 5.49. The van der Waals surface area contributed by atoms with Crippen molar-refractivity contribution in [1.29, 1.82) is 0 Å². The van der Waals surface area contributed by atoms with Crippen molar-refractivity contribution in [3.05, 3.63) is 29.8 Å². The quantitative estimate of drug-likeness (QED) is 0.722. The maximum absolute atomic E-state index is 11.7. The Morgan fingerprint density at radius 3 is 2.58 bits per heavy atom. The van der Waals surface area contributed by atoms with Crippen molar-refractivity contribution >= 4 is 27.2 Å². The molecule has 1 aliphatic rings. The van der Waals surface area contributed by atoms with Crippen molar-refractivity contribution in [2.24, 2.45) is 0 Å². The zero-order valence-electron chi connectivity index (χ0n) is 14.0. The van der Waals surface area contributed by atoms with Crippen molar-refractivity contribution < 1.29 is 17.9 Å². The molecule has 0 amide bonds. The number of thiocarbonyl (C=S) groups is 1. The van der Waals surface area contributed by atoms with E-state index < -0.39 is 9.84 Å². The van der Waals surface area contributed by atoms with E-state index in [4.69, 9.17) is 21.7 Å². The normalized spacial score (nSPS) is 19.0. The zero-order valence-corrected chi connectivity index (χ0v) is 15.7. The van der Waals surface area contributed by atoms with Crippen LogP contribution in [0.3, 0.4) is 0 Å². The molecular formula is C16H24N2O4S2. The largest absolute Gasteiger partial charge is 0.497 e. The first kappa shape index (κ1) is 19.0. The van der Waals surface area contributed by atoms with Crippen LogP contribution in [0.1, 0.15) is 12.0 Å². The summed E-state index contributed by atoms with van der Waals surface area (Å²) in [5.74, 6) is 1.18. The summed E-state index contributed by atoms with van der Waals surface area (Å²) in [6.07, 6.45) is 0.608. The topological polar surface area (TPSA) is 67.9 Å². The van der Waals surface area contributed by atoms with E-state index in [1.807, 2.05) is 29.2 Å². The Bertz CT molecular complexity index is 647. The van der Waals surface area contributed by atoms with Crippen LogP contribution in [0, 0.1) is 0 Å². The SMILES string of the molecule is COCCN(C(=S)NCc1ccc(OC)cc1)[C@H]1CCS(=O)(=O)C1. The third-order valence-corrected chi connectivity index (χ3v) is 6.18. The lowest BCUT2D eigenvalue weighted by molar-refractivity contribution is 0.164. The van der Waals surface area contributed by atoms with Crippen molar-refractivity contribution in [3.63, 3.8) is 0 Å². The molecule has 1 aromatic rings. The highest BCUT2D eigenvalue weighted by atomic mass is 32.2. The minimum atomic E-state index is -2.96. The lowest BCUT2D eigenvalue weighted by Gasteiger charge is -2.30. The highest BCUT2D eigenvalue weighted by Gasteiger charge is 2.33. The number of nitrogens with zero attached hydrogens (tertiary/aromatic N) is 1. The Balaban J connectivity index is 1.96. The monoisotopic (exact) mass is 372 g/mol. The molecule has 1 aromatic carbocycles. The molecule has 0 bridgehead atoms. The first-order valence-corrected chi connectivity index (χ1v) is 10.0. The summed E-state index contributed by atoms with van der Waals surface area (Å²) < 4.78 is 33.8. The van der Waals surface area contributed by atoms with Gasteiger partial charge in [0.1, 0.15) is 5.75 Å². The fraction of sp³-hybridized carbons (Fsp3) is 0.562. The maximum Gasteiger partial charge on any atom is 0.169 e. The number of hydrogen-bond acceptors (Lipinski definition) is 5. The molecule has 1 saturated heterocycles. The molecule has 0 aliphatic carbocycles. The summed E-state index contributed by atoms with van der Waals surface area (Å²) in [5, 5.41) is 3.78. The average molecular weight is 373 g/mol. The number of benzene rings is 1. The molecule has 1 N–H and O–H groups in total. The molecule has 1 fully saturated rings. The van der Waals surface area contributed by atoms with Gasteiger partial charge in [-0.3, -0.25) is 0 Å². The van der Waals surface area contributed by atoms with E-state index >= 15 is 0 Å². The van der Waals surface area contributed by atoms with E-state index in [1.165, 1.54) is 0 Å². The van der Waals surface area contributed by atoms with E-state index in [-0.39, 0.29) is 17.5 Å². The molecular weight excluding hydrogens is 348 g/mol. The van der Waals surface area contributed by atoms with Gasteiger partial charge in [-0.05, 0) is 36.3 Å². The second-order valence-corrected chi connectivity index (χ2v) is 8.37. The Hall–Kier alpha value is -1.38. The fourth-order valence-electron chi connectivity index (χ4n) is 2.68. The number of nitrogens with one attached hydrogen (secondary N) is 1. The molecule has 0 spiro atoms. The van der Waals surface area contributed by atoms with Gasteiger partial charge in [-0.25, -0.2) is 8.42 Å². The van der Waals surface area contributed by atoms with Crippen molar-refractivity contribution in [1.82, 2.24) is 10.2 Å². The van der Waals surface area contributed by atoms with Crippen molar-refractivity contribution in [2.75, 3.05) is 38.9 Å². The van der Waals surface area contributed by atoms with Crippen LogP contribution < -0.4 is 10.1 Å². The predicted octanol–water partition coefficient (Wildman–Crippen LogP) is 1.21. The summed E-state index contributed by atoms with van der Waals surface area (Å²) in [6.45, 7) is 1.65. The van der Waals surface area contributed by atoms with Crippen LogP contribution in [0.4, 0.5) is 0 Å². The summed E-state index contributed by atoms with van der Waals surface area (Å²) in [5.41, 5.74) is 1.07. The van der Waals surface area contributed by atoms with Crippen LogP contribution in [0.2, 0.25) is 0 Å². The van der Waals surface area contributed by atoms with Crippen LogP contribution >= 0.6 is 12.2 Å². The smallest absolute Gasteiger partial charge is 0.169 e. The first-order valence-electron chi connectivity index (χ1n) is 7.82. The van der Waals surface area contributed by atoms with Crippen LogP contribution in [0.25, 0.3) is 0 Å². The molecule has 8 heteroatoms. The molecule has 0 radical (unpaired) electrons. The lowest BCUT2D eigenvalue weighted by atomic mass is 10.2. The summed E-state index contributed by atoms with van der Waals surface area (Å²) in [6, 6.07) is 7.64. The average Bonchev–Trinajstić information content (AvgIpc) is 2.93. The standard InChI is InChI=1S/C16H24N2O4S2/c1-21-9-8-18(14-7-10-24(19,20)12-14)16(23)17-11-13-3-5-15(22-2)6-4-13/h3-6,14H,7-12H2,1-2H3,(H,17,23)/t14-/m0/s1. The van der Waals surface area contributed by atoms with Gasteiger partial charge in [0.25, 0.3) is 0 Å². The summed E-state index contributed by atoms with van der Waals surface area (Å²) in [7, 11) is 0.295. The van der Waals surface area contributed by atoms with Gasteiger partial charge in [-0.1, -0.05) is 12.1 Å². The number of ether oxygens (including phenoxy) is 2. The molecule has 2 rings (SSSR count). The minimum absolute atomic E-state index is 0.0824. The van der Waals surface area contributed by atoms with Gasteiger partial charge in [0.2, 0.25) is 0 Å².